The Morgan fingerprint density at radius 2 is 1.73 bits per heavy atom. The van der Waals surface area contributed by atoms with Crippen molar-refractivity contribution in [2.45, 2.75) is 50.6 Å². The summed E-state index contributed by atoms with van der Waals surface area (Å²) in [6, 6.07) is 8.84. The van der Waals surface area contributed by atoms with Crippen LogP contribution in [0.15, 0.2) is 53.4 Å². The highest BCUT2D eigenvalue weighted by molar-refractivity contribution is 7.90. The second-order valence-electron chi connectivity index (χ2n) is 10.5. The van der Waals surface area contributed by atoms with E-state index in [1.807, 2.05) is 13.8 Å². The molecule has 0 bridgehead atoms. The number of nitrogens with zero attached hydrogens (tertiary/aromatic N) is 3. The van der Waals surface area contributed by atoms with Gasteiger partial charge in [-0.25, -0.2) is 8.42 Å². The van der Waals surface area contributed by atoms with Gasteiger partial charge in [-0.15, -0.1) is 0 Å². The lowest BCUT2D eigenvalue weighted by Crippen LogP contribution is -2.56. The minimum Gasteiger partial charge on any atom is -0.340 e. The Bertz CT molecular complexity index is 1440. The van der Waals surface area contributed by atoms with Gasteiger partial charge in [-0.1, -0.05) is 19.9 Å². The number of Topliss-reactive ketones (excluding diaryl/α,β-unsaturated/α-hetero) is 1. The second kappa shape index (κ2) is 13.0. The highest BCUT2D eigenvalue weighted by Crippen LogP contribution is 2.19. The molecule has 12 nitrogen and oxygen atoms in total. The fraction of sp³-hybridized carbons (Fsp3) is 0.429. The van der Waals surface area contributed by atoms with E-state index in [0.717, 1.165) is 6.26 Å². The van der Waals surface area contributed by atoms with Gasteiger partial charge in [-0.2, -0.15) is 0 Å². The van der Waals surface area contributed by atoms with E-state index in [9.17, 15) is 37.7 Å². The first-order chi connectivity index (χ1) is 19.2. The molecule has 1 aliphatic rings. The zero-order chi connectivity index (χ0) is 30.5. The Kier molecular flexibility index (Phi) is 9.97. The zero-order valence-corrected chi connectivity index (χ0v) is 24.2. The summed E-state index contributed by atoms with van der Waals surface area (Å²) in [5.74, 6) is -1.84. The number of rotatable bonds is 8. The van der Waals surface area contributed by atoms with Crippen LogP contribution in [-0.2, 0) is 19.4 Å². The van der Waals surface area contributed by atoms with E-state index in [1.165, 1.54) is 58.3 Å². The minimum atomic E-state index is -3.53. The molecule has 2 aromatic carbocycles. The maximum Gasteiger partial charge on any atom is 0.269 e. The summed E-state index contributed by atoms with van der Waals surface area (Å²) in [5.41, 5.74) is 0.135. The fourth-order valence-electron chi connectivity index (χ4n) is 4.58. The molecule has 0 radical (unpaired) electrons. The van der Waals surface area contributed by atoms with Crippen molar-refractivity contribution < 1.29 is 32.5 Å². The van der Waals surface area contributed by atoms with Crippen LogP contribution in [0.5, 0.6) is 0 Å². The molecule has 2 aromatic rings. The monoisotopic (exact) mass is 586 g/mol. The first kappa shape index (κ1) is 31.4. The van der Waals surface area contributed by atoms with Crippen LogP contribution in [0.4, 0.5) is 5.69 Å². The molecule has 220 valence electrons. The van der Waals surface area contributed by atoms with E-state index in [4.69, 9.17) is 0 Å². The molecule has 0 spiro atoms. The number of ketones is 1. The largest absolute Gasteiger partial charge is 0.340 e. The summed E-state index contributed by atoms with van der Waals surface area (Å²) in [5, 5.41) is 13.6. The first-order valence-electron chi connectivity index (χ1n) is 13.2. The third-order valence-corrected chi connectivity index (χ3v) is 7.95. The number of hydrogen-bond acceptors (Lipinski definition) is 8. The molecule has 41 heavy (non-hydrogen) atoms. The van der Waals surface area contributed by atoms with Crippen LogP contribution in [0.25, 0.3) is 0 Å². The first-order valence-corrected chi connectivity index (χ1v) is 15.1. The molecule has 1 unspecified atom stereocenters. The van der Waals surface area contributed by atoms with Crippen LogP contribution >= 0.6 is 0 Å². The maximum atomic E-state index is 13.7. The van der Waals surface area contributed by atoms with Crippen LogP contribution in [0, 0.1) is 16.0 Å². The summed E-state index contributed by atoms with van der Waals surface area (Å²) in [7, 11) is -3.53. The standard InChI is InChI=1S/C28H34N4O8S/c1-18(2)15-24(29-26(34)20-9-11-22(12-10-20)32(37)38)28(36)31-14-6-13-30(17-25(33)19(31)3)27(35)21-7-5-8-23(16-21)41(4,39)40/h5,7-12,16,18-19,24H,6,13-15,17H2,1-4H3,(H,29,34)/t19?,24-/m0/s1. The van der Waals surface area contributed by atoms with Crippen molar-refractivity contribution in [2.24, 2.45) is 5.92 Å². The molecule has 13 heteroatoms. The number of benzene rings is 2. The van der Waals surface area contributed by atoms with E-state index >= 15 is 0 Å². The Morgan fingerprint density at radius 1 is 1.07 bits per heavy atom. The number of nitro benzene ring substituents is 1. The van der Waals surface area contributed by atoms with Crippen molar-refractivity contribution in [1.82, 2.24) is 15.1 Å². The summed E-state index contributed by atoms with van der Waals surface area (Å²) >= 11 is 0. The third-order valence-electron chi connectivity index (χ3n) is 6.84. The van der Waals surface area contributed by atoms with Crippen molar-refractivity contribution in [3.05, 3.63) is 69.8 Å². The Hall–Kier alpha value is -4.13. The number of non-ortho nitro benzene ring substituents is 1. The van der Waals surface area contributed by atoms with Crippen LogP contribution in [-0.4, -0.2) is 84.6 Å². The molecule has 3 rings (SSSR count). The molecule has 1 fully saturated rings. The molecule has 0 aromatic heterocycles. The smallest absolute Gasteiger partial charge is 0.269 e. The molecule has 1 heterocycles. The Labute approximate surface area is 238 Å². The average Bonchev–Trinajstić information content (AvgIpc) is 2.91. The average molecular weight is 587 g/mol. The van der Waals surface area contributed by atoms with Gasteiger partial charge in [0, 0.05) is 42.6 Å². The number of carbonyl (C=O) groups is 4. The quantitative estimate of drug-likeness (QED) is 0.364. The SMILES string of the molecule is CC(C)C[C@H](NC(=O)c1ccc([N+](=O)[O-])cc1)C(=O)N1CCCN(C(=O)c2cccc(S(C)(=O)=O)c2)CC(=O)C1C. The normalized spacial score (nSPS) is 17.0. The number of nitro groups is 1. The van der Waals surface area contributed by atoms with Gasteiger partial charge in [-0.05, 0) is 56.0 Å². The van der Waals surface area contributed by atoms with Gasteiger partial charge in [0.15, 0.2) is 15.6 Å². The van der Waals surface area contributed by atoms with Crippen molar-refractivity contribution in [3.8, 4) is 0 Å². The van der Waals surface area contributed by atoms with Gasteiger partial charge >= 0.3 is 0 Å². The van der Waals surface area contributed by atoms with E-state index < -0.39 is 44.6 Å². The van der Waals surface area contributed by atoms with Crippen molar-refractivity contribution >= 4 is 39.0 Å². The van der Waals surface area contributed by atoms with Crippen LogP contribution in [0.3, 0.4) is 0 Å². The summed E-state index contributed by atoms with van der Waals surface area (Å²) < 4.78 is 23.8. The van der Waals surface area contributed by atoms with Crippen LogP contribution in [0.2, 0.25) is 0 Å². The van der Waals surface area contributed by atoms with Gasteiger partial charge < -0.3 is 15.1 Å². The van der Waals surface area contributed by atoms with Crippen molar-refractivity contribution in [1.29, 1.82) is 0 Å². The van der Waals surface area contributed by atoms with Crippen molar-refractivity contribution in [3.63, 3.8) is 0 Å². The van der Waals surface area contributed by atoms with Crippen LogP contribution in [0.1, 0.15) is 54.3 Å². The lowest BCUT2D eigenvalue weighted by Gasteiger charge is -2.36. The van der Waals surface area contributed by atoms with Crippen LogP contribution < -0.4 is 5.32 Å². The van der Waals surface area contributed by atoms with Crippen molar-refractivity contribution in [2.75, 3.05) is 25.9 Å². The van der Waals surface area contributed by atoms with E-state index in [-0.39, 0.29) is 53.0 Å². The third kappa shape index (κ3) is 7.97. The number of amides is 3. The number of carbonyl (C=O) groups excluding carboxylic acids is 4. The maximum absolute atomic E-state index is 13.7. The Morgan fingerprint density at radius 3 is 2.32 bits per heavy atom. The molecule has 1 aliphatic heterocycles. The summed E-state index contributed by atoms with van der Waals surface area (Å²) in [6.45, 7) is 5.40. The predicted octanol–water partition coefficient (Wildman–Crippen LogP) is 2.48. The highest BCUT2D eigenvalue weighted by Gasteiger charge is 2.35. The number of sulfone groups is 1. The van der Waals surface area contributed by atoms with Gasteiger partial charge in [-0.3, -0.25) is 29.3 Å². The van der Waals surface area contributed by atoms with Gasteiger partial charge in [0.2, 0.25) is 5.91 Å². The second-order valence-corrected chi connectivity index (χ2v) is 12.5. The summed E-state index contributed by atoms with van der Waals surface area (Å²) in [4.78, 5) is 66.1. The fourth-order valence-corrected chi connectivity index (χ4v) is 5.25. The molecule has 0 saturated carbocycles. The lowest BCUT2D eigenvalue weighted by atomic mass is 10.00. The predicted molar refractivity (Wildman–Crippen MR) is 150 cm³/mol. The zero-order valence-electron chi connectivity index (χ0n) is 23.4. The molecule has 3 amide bonds. The minimum absolute atomic E-state index is 0.00109. The highest BCUT2D eigenvalue weighted by atomic mass is 32.2. The Balaban J connectivity index is 1.75. The molecular weight excluding hydrogens is 552 g/mol. The number of hydrogen-bond donors (Lipinski definition) is 1. The van der Waals surface area contributed by atoms with E-state index in [1.54, 1.807) is 6.92 Å². The molecule has 0 aliphatic carbocycles. The summed E-state index contributed by atoms with van der Waals surface area (Å²) in [6.07, 6.45) is 1.70. The van der Waals surface area contributed by atoms with E-state index in [2.05, 4.69) is 5.32 Å². The molecule has 2 atom stereocenters. The van der Waals surface area contributed by atoms with Gasteiger partial charge in [0.1, 0.15) is 6.04 Å². The number of nitrogens with one attached hydrogen (secondary N) is 1. The van der Waals surface area contributed by atoms with Gasteiger partial charge in [0.25, 0.3) is 17.5 Å². The molecular formula is C28H34N4O8S. The molecule has 1 N–H and O–H groups in total. The lowest BCUT2D eigenvalue weighted by molar-refractivity contribution is -0.384. The van der Waals surface area contributed by atoms with E-state index in [0.29, 0.717) is 12.8 Å². The molecule has 1 saturated heterocycles. The topological polar surface area (TPSA) is 164 Å². The van der Waals surface area contributed by atoms with Gasteiger partial charge in [0.05, 0.1) is 22.4 Å².